The van der Waals surface area contributed by atoms with E-state index >= 15 is 0 Å². The summed E-state index contributed by atoms with van der Waals surface area (Å²) in [5.74, 6) is -0.0489. The maximum Gasteiger partial charge on any atom is 0.255 e. The molecule has 1 fully saturated rings. The quantitative estimate of drug-likeness (QED) is 0.840. The van der Waals surface area contributed by atoms with Crippen LogP contribution in [0.5, 0.6) is 0 Å². The molecule has 0 radical (unpaired) electrons. The van der Waals surface area contributed by atoms with Gasteiger partial charge in [0, 0.05) is 38.1 Å². The molecule has 1 aliphatic heterocycles. The molecule has 1 saturated heterocycles. The number of para-hydroxylation sites is 1. The van der Waals surface area contributed by atoms with E-state index in [4.69, 9.17) is 0 Å². The second kappa shape index (κ2) is 7.99. The lowest BCUT2D eigenvalue weighted by molar-refractivity contribution is -0.119. The van der Waals surface area contributed by atoms with Gasteiger partial charge in [-0.25, -0.2) is 0 Å². The molecule has 2 amide bonds. The second-order valence-electron chi connectivity index (χ2n) is 6.48. The van der Waals surface area contributed by atoms with E-state index in [1.807, 2.05) is 6.07 Å². The number of carbonyl (C=O) groups excluding carboxylic acids is 2. The van der Waals surface area contributed by atoms with Crippen molar-refractivity contribution in [3.05, 3.63) is 53.3 Å². The first-order chi connectivity index (χ1) is 12.6. The van der Waals surface area contributed by atoms with Gasteiger partial charge < -0.3 is 15.1 Å². The first-order valence-corrected chi connectivity index (χ1v) is 8.91. The van der Waals surface area contributed by atoms with Crippen molar-refractivity contribution in [3.63, 3.8) is 0 Å². The van der Waals surface area contributed by atoms with Crippen LogP contribution in [0.15, 0.2) is 36.7 Å². The van der Waals surface area contributed by atoms with Gasteiger partial charge in [-0.05, 0) is 30.5 Å². The first kappa shape index (κ1) is 17.9. The van der Waals surface area contributed by atoms with Crippen LogP contribution >= 0.6 is 0 Å². The highest BCUT2D eigenvalue weighted by Gasteiger charge is 2.21. The number of hydrogen-bond donors (Lipinski definition) is 1. The van der Waals surface area contributed by atoms with E-state index in [-0.39, 0.29) is 5.91 Å². The molecule has 0 unspecified atom stereocenters. The molecular formula is C20H24N4O2. The van der Waals surface area contributed by atoms with Crippen molar-refractivity contribution >= 4 is 23.7 Å². The molecule has 0 spiro atoms. The Morgan fingerprint density at radius 3 is 2.69 bits per heavy atom. The van der Waals surface area contributed by atoms with Crippen molar-refractivity contribution in [2.75, 3.05) is 31.5 Å². The molecule has 1 aromatic carbocycles. The van der Waals surface area contributed by atoms with Crippen molar-refractivity contribution in [2.24, 2.45) is 0 Å². The van der Waals surface area contributed by atoms with E-state index in [0.717, 1.165) is 29.8 Å². The number of anilines is 2. The number of aryl methyl sites for hydroxylation is 2. The molecule has 0 bridgehead atoms. The highest BCUT2D eigenvalue weighted by atomic mass is 16.2. The summed E-state index contributed by atoms with van der Waals surface area (Å²) in [6.07, 6.45) is 5.09. The summed E-state index contributed by atoms with van der Waals surface area (Å²) in [6, 6.07) is 8.06. The maximum absolute atomic E-state index is 12.7. The normalized spacial score (nSPS) is 14.2. The number of nitrogens with one attached hydrogen (secondary N) is 1. The minimum Gasteiger partial charge on any atom is -0.354 e. The van der Waals surface area contributed by atoms with E-state index in [0.29, 0.717) is 31.7 Å². The van der Waals surface area contributed by atoms with Crippen LogP contribution in [-0.4, -0.2) is 53.3 Å². The van der Waals surface area contributed by atoms with Crippen LogP contribution in [0.2, 0.25) is 0 Å². The fourth-order valence-corrected chi connectivity index (χ4v) is 3.18. The molecule has 0 saturated carbocycles. The fraction of sp³-hybridized carbons (Fsp3) is 0.350. The minimum atomic E-state index is -0.0489. The van der Waals surface area contributed by atoms with Gasteiger partial charge in [0.2, 0.25) is 6.41 Å². The lowest BCUT2D eigenvalue weighted by Crippen LogP contribution is -2.48. The largest absolute Gasteiger partial charge is 0.354 e. The summed E-state index contributed by atoms with van der Waals surface area (Å²) < 4.78 is 0. The molecule has 2 aromatic rings. The zero-order valence-electron chi connectivity index (χ0n) is 15.2. The van der Waals surface area contributed by atoms with E-state index in [2.05, 4.69) is 42.3 Å². The first-order valence-electron chi connectivity index (χ1n) is 8.91. The fourth-order valence-electron chi connectivity index (χ4n) is 3.18. The van der Waals surface area contributed by atoms with Crippen LogP contribution in [0.25, 0.3) is 0 Å². The number of hydrogen-bond acceptors (Lipinski definition) is 4. The van der Waals surface area contributed by atoms with Crippen LogP contribution < -0.4 is 5.32 Å². The topological polar surface area (TPSA) is 65.5 Å². The zero-order chi connectivity index (χ0) is 18.5. The van der Waals surface area contributed by atoms with Gasteiger partial charge in [0.1, 0.15) is 0 Å². The Labute approximate surface area is 153 Å². The van der Waals surface area contributed by atoms with Gasteiger partial charge in [-0.3, -0.25) is 14.6 Å². The predicted octanol–water partition coefficient (Wildman–Crippen LogP) is 2.61. The molecule has 136 valence electrons. The van der Waals surface area contributed by atoms with E-state index in [1.54, 1.807) is 22.2 Å². The van der Waals surface area contributed by atoms with Gasteiger partial charge in [-0.15, -0.1) is 0 Å². The monoisotopic (exact) mass is 352 g/mol. The average Bonchev–Trinajstić information content (AvgIpc) is 2.69. The molecule has 6 nitrogen and oxygen atoms in total. The molecule has 2 heterocycles. The number of nitrogens with zero attached hydrogens (tertiary/aromatic N) is 3. The lowest BCUT2D eigenvalue weighted by atomic mass is 10.1. The highest BCUT2D eigenvalue weighted by molar-refractivity contribution is 5.95. The molecule has 26 heavy (non-hydrogen) atoms. The van der Waals surface area contributed by atoms with Crippen LogP contribution in [0.4, 0.5) is 11.4 Å². The van der Waals surface area contributed by atoms with E-state index in [9.17, 15) is 9.59 Å². The van der Waals surface area contributed by atoms with Crippen molar-refractivity contribution in [1.29, 1.82) is 0 Å². The Kier molecular flexibility index (Phi) is 5.51. The molecular weight excluding hydrogens is 328 g/mol. The number of carbonyl (C=O) groups is 2. The van der Waals surface area contributed by atoms with Gasteiger partial charge in [-0.2, -0.15) is 0 Å². The highest BCUT2D eigenvalue weighted by Crippen LogP contribution is 2.25. The van der Waals surface area contributed by atoms with Crippen molar-refractivity contribution in [1.82, 2.24) is 14.8 Å². The van der Waals surface area contributed by atoms with Gasteiger partial charge >= 0.3 is 0 Å². The summed E-state index contributed by atoms with van der Waals surface area (Å²) in [5, 5.41) is 3.42. The molecule has 3 rings (SSSR count). The smallest absolute Gasteiger partial charge is 0.255 e. The number of benzene rings is 1. The van der Waals surface area contributed by atoms with E-state index in [1.165, 1.54) is 5.56 Å². The lowest BCUT2D eigenvalue weighted by Gasteiger charge is -2.32. The number of rotatable bonds is 5. The summed E-state index contributed by atoms with van der Waals surface area (Å²) >= 11 is 0. The molecule has 1 aromatic heterocycles. The second-order valence-corrected chi connectivity index (χ2v) is 6.48. The average molecular weight is 352 g/mol. The molecule has 0 atom stereocenters. The van der Waals surface area contributed by atoms with Crippen LogP contribution in [-0.2, 0) is 11.2 Å². The van der Waals surface area contributed by atoms with Crippen LogP contribution in [0.1, 0.15) is 28.4 Å². The van der Waals surface area contributed by atoms with Gasteiger partial charge in [-0.1, -0.05) is 25.1 Å². The number of amides is 2. The Balaban J connectivity index is 1.77. The molecule has 1 N–H and O–H groups in total. The predicted molar refractivity (Wildman–Crippen MR) is 102 cm³/mol. The Bertz CT molecular complexity index is 798. The van der Waals surface area contributed by atoms with Gasteiger partial charge in [0.15, 0.2) is 0 Å². The van der Waals surface area contributed by atoms with Crippen LogP contribution in [0.3, 0.4) is 0 Å². The third-order valence-electron chi connectivity index (χ3n) is 4.75. The number of piperazine rings is 1. The van der Waals surface area contributed by atoms with Crippen molar-refractivity contribution < 1.29 is 9.59 Å². The SMILES string of the molecule is CCc1cccc(C)c1Nc1cncc(C(=O)N2CCN(C=O)CC2)c1. The third-order valence-corrected chi connectivity index (χ3v) is 4.75. The molecule has 6 heteroatoms. The van der Waals surface area contributed by atoms with Crippen molar-refractivity contribution in [3.8, 4) is 0 Å². The number of pyridine rings is 1. The summed E-state index contributed by atoms with van der Waals surface area (Å²) in [7, 11) is 0. The summed E-state index contributed by atoms with van der Waals surface area (Å²) in [6.45, 7) is 6.43. The van der Waals surface area contributed by atoms with Crippen molar-refractivity contribution in [2.45, 2.75) is 20.3 Å². The van der Waals surface area contributed by atoms with Gasteiger partial charge in [0.25, 0.3) is 5.91 Å². The van der Waals surface area contributed by atoms with Gasteiger partial charge in [0.05, 0.1) is 17.4 Å². The Morgan fingerprint density at radius 2 is 2.00 bits per heavy atom. The molecule has 0 aliphatic carbocycles. The Hall–Kier alpha value is -2.89. The Morgan fingerprint density at radius 1 is 1.23 bits per heavy atom. The zero-order valence-corrected chi connectivity index (χ0v) is 15.2. The maximum atomic E-state index is 12.7. The minimum absolute atomic E-state index is 0.0489. The number of aromatic nitrogens is 1. The third kappa shape index (κ3) is 3.85. The summed E-state index contributed by atoms with van der Waals surface area (Å²) in [5.41, 5.74) is 4.81. The summed E-state index contributed by atoms with van der Waals surface area (Å²) in [4.78, 5) is 31.2. The standard InChI is InChI=1S/C20H24N4O2/c1-3-16-6-4-5-15(2)19(16)22-18-11-17(12-21-13-18)20(26)24-9-7-23(14-25)8-10-24/h4-6,11-14,22H,3,7-10H2,1-2H3. The van der Waals surface area contributed by atoms with Crippen LogP contribution in [0, 0.1) is 6.92 Å². The molecule has 1 aliphatic rings. The van der Waals surface area contributed by atoms with E-state index < -0.39 is 0 Å².